The summed E-state index contributed by atoms with van der Waals surface area (Å²) in [5.41, 5.74) is 16.0. The lowest BCUT2D eigenvalue weighted by Gasteiger charge is -2.00. The molecule has 20 heavy (non-hydrogen) atoms. The van der Waals surface area contributed by atoms with E-state index in [9.17, 15) is 16.8 Å². The highest BCUT2D eigenvalue weighted by Crippen LogP contribution is 2.09. The summed E-state index contributed by atoms with van der Waals surface area (Å²) < 4.78 is 49.4. The van der Waals surface area contributed by atoms with Crippen molar-refractivity contribution in [3.8, 4) is 0 Å². The highest BCUT2D eigenvalue weighted by atomic mass is 32.2. The molecular formula is C8H16N6O4S2. The molecule has 12 heteroatoms. The summed E-state index contributed by atoms with van der Waals surface area (Å²) in [5, 5.41) is 0. The first-order valence-corrected chi connectivity index (χ1v) is 9.13. The van der Waals surface area contributed by atoms with Crippen LogP contribution < -0.4 is 0 Å². The molecule has 0 saturated heterocycles. The van der Waals surface area contributed by atoms with E-state index < -0.39 is 20.0 Å². The van der Waals surface area contributed by atoms with E-state index in [2.05, 4.69) is 18.9 Å². The molecular weight excluding hydrogens is 308 g/mol. The van der Waals surface area contributed by atoms with Crippen molar-refractivity contribution in [3.05, 3.63) is 20.9 Å². The molecule has 0 bridgehead atoms. The third-order valence-electron chi connectivity index (χ3n) is 2.38. The maximum absolute atomic E-state index is 11.0. The molecule has 0 aromatic heterocycles. The van der Waals surface area contributed by atoms with Gasteiger partial charge in [0, 0.05) is 18.9 Å². The summed E-state index contributed by atoms with van der Waals surface area (Å²) in [7, 11) is -7.34. The van der Waals surface area contributed by atoms with Crippen molar-refractivity contribution >= 4 is 20.0 Å². The summed E-state index contributed by atoms with van der Waals surface area (Å²) in [4.78, 5) is 4.46. The minimum Gasteiger partial charge on any atom is -0.221 e. The lowest BCUT2D eigenvalue weighted by Crippen LogP contribution is -2.02. The van der Waals surface area contributed by atoms with E-state index in [4.69, 9.17) is 11.1 Å². The smallest absolute Gasteiger partial charge is 0.221 e. The van der Waals surface area contributed by atoms with Crippen molar-refractivity contribution in [2.45, 2.75) is 38.5 Å². The van der Waals surface area contributed by atoms with Crippen molar-refractivity contribution in [2.75, 3.05) is 11.5 Å². The third kappa shape index (κ3) is 10.4. The Hall–Kier alpha value is -1.48. The Morgan fingerprint density at radius 2 is 0.950 bits per heavy atom. The summed E-state index contributed by atoms with van der Waals surface area (Å²) in [6.07, 6.45) is 3.63. The molecule has 0 aromatic rings. The van der Waals surface area contributed by atoms with E-state index >= 15 is 0 Å². The van der Waals surface area contributed by atoms with Crippen LogP contribution in [0, 0.1) is 0 Å². The SMILES string of the molecule is [N-]=[N+]=NS(=O)(=O)CCCCCCCCS(=O)(=O)N=[N+]=[N-]. The van der Waals surface area contributed by atoms with Crippen LogP contribution >= 0.6 is 0 Å². The largest absolute Gasteiger partial charge is 0.235 e. The lowest BCUT2D eigenvalue weighted by atomic mass is 10.1. The highest BCUT2D eigenvalue weighted by Gasteiger charge is 2.07. The Morgan fingerprint density at radius 1 is 0.650 bits per heavy atom. The van der Waals surface area contributed by atoms with Crippen LogP contribution in [0.1, 0.15) is 38.5 Å². The van der Waals surface area contributed by atoms with Gasteiger partial charge in [0.05, 0.1) is 11.5 Å². The molecule has 0 N–H and O–H groups in total. The van der Waals surface area contributed by atoms with E-state index in [0.29, 0.717) is 25.7 Å². The van der Waals surface area contributed by atoms with Gasteiger partial charge in [0.1, 0.15) is 0 Å². The van der Waals surface area contributed by atoms with Crippen LogP contribution in [0.2, 0.25) is 0 Å². The molecule has 0 spiro atoms. The van der Waals surface area contributed by atoms with Gasteiger partial charge in [0.2, 0.25) is 20.0 Å². The topological polar surface area (TPSA) is 166 Å². The number of hydrogen-bond donors (Lipinski definition) is 0. The van der Waals surface area contributed by atoms with Crippen molar-refractivity contribution in [1.82, 2.24) is 0 Å². The average molecular weight is 324 g/mol. The molecule has 0 rings (SSSR count). The fourth-order valence-electron chi connectivity index (χ4n) is 1.47. The molecule has 114 valence electrons. The molecule has 0 aliphatic rings. The van der Waals surface area contributed by atoms with Crippen LogP contribution in [-0.2, 0) is 20.0 Å². The van der Waals surface area contributed by atoms with E-state index in [0.717, 1.165) is 12.8 Å². The first-order chi connectivity index (χ1) is 9.33. The summed E-state index contributed by atoms with van der Waals surface area (Å²) >= 11 is 0. The second-order valence-electron chi connectivity index (χ2n) is 4.04. The molecule has 0 fully saturated rings. The van der Waals surface area contributed by atoms with Crippen molar-refractivity contribution < 1.29 is 16.8 Å². The van der Waals surface area contributed by atoms with Gasteiger partial charge in [-0.2, -0.15) is 0 Å². The Balaban J connectivity index is 3.65. The number of rotatable bonds is 11. The highest BCUT2D eigenvalue weighted by molar-refractivity contribution is 7.90. The summed E-state index contributed by atoms with van der Waals surface area (Å²) in [5.74, 6) is -0.357. The normalized spacial score (nSPS) is 11.4. The third-order valence-corrected chi connectivity index (χ3v) is 4.63. The van der Waals surface area contributed by atoms with Crippen LogP contribution in [-0.4, -0.2) is 28.3 Å². The predicted octanol–water partition coefficient (Wildman–Crippen LogP) is 2.61. The Morgan fingerprint density at radius 3 is 1.25 bits per heavy atom. The van der Waals surface area contributed by atoms with E-state index in [-0.39, 0.29) is 11.5 Å². The number of hydrogen-bond acceptors (Lipinski definition) is 4. The van der Waals surface area contributed by atoms with E-state index in [1.165, 1.54) is 0 Å². The molecule has 0 aliphatic carbocycles. The molecule has 0 heterocycles. The zero-order valence-electron chi connectivity index (χ0n) is 10.8. The van der Waals surface area contributed by atoms with Gasteiger partial charge < -0.3 is 0 Å². The quantitative estimate of drug-likeness (QED) is 0.246. The number of unbranched alkanes of at least 4 members (excludes halogenated alkanes) is 5. The van der Waals surface area contributed by atoms with E-state index in [1.807, 2.05) is 0 Å². The maximum Gasteiger partial charge on any atom is 0.235 e. The second-order valence-corrected chi connectivity index (χ2v) is 7.51. The molecule has 0 saturated carbocycles. The monoisotopic (exact) mass is 324 g/mol. The molecule has 0 atom stereocenters. The predicted molar refractivity (Wildman–Crippen MR) is 73.6 cm³/mol. The van der Waals surface area contributed by atoms with Gasteiger partial charge in [-0.3, -0.25) is 0 Å². The van der Waals surface area contributed by atoms with Crippen molar-refractivity contribution in [3.63, 3.8) is 0 Å². The van der Waals surface area contributed by atoms with Crippen molar-refractivity contribution in [1.29, 1.82) is 0 Å². The average Bonchev–Trinajstić information content (AvgIpc) is 2.32. The van der Waals surface area contributed by atoms with Crippen molar-refractivity contribution in [2.24, 2.45) is 9.04 Å². The number of sulfonamides is 2. The number of nitrogens with zero attached hydrogens (tertiary/aromatic N) is 6. The minimum atomic E-state index is -3.67. The summed E-state index contributed by atoms with van der Waals surface area (Å²) in [6.45, 7) is 0. The fourth-order valence-corrected chi connectivity index (χ4v) is 2.99. The lowest BCUT2D eigenvalue weighted by molar-refractivity contribution is 0.577. The summed E-state index contributed by atoms with van der Waals surface area (Å²) in [6, 6.07) is 0. The van der Waals surface area contributed by atoms with E-state index in [1.54, 1.807) is 0 Å². The van der Waals surface area contributed by atoms with Crippen LogP contribution in [0.3, 0.4) is 0 Å². The zero-order chi connectivity index (χ0) is 15.5. The molecule has 0 aromatic carbocycles. The van der Waals surface area contributed by atoms with Gasteiger partial charge in [-0.25, -0.2) is 16.8 Å². The fraction of sp³-hybridized carbons (Fsp3) is 1.00. The van der Waals surface area contributed by atoms with Gasteiger partial charge in [-0.15, -0.1) is 0 Å². The molecule has 0 unspecified atom stereocenters. The van der Waals surface area contributed by atoms with Gasteiger partial charge in [0.15, 0.2) is 0 Å². The Bertz CT molecular complexity index is 532. The second kappa shape index (κ2) is 9.43. The number of azide groups is 2. The van der Waals surface area contributed by atoms with Gasteiger partial charge in [-0.05, 0) is 23.9 Å². The first-order valence-electron chi connectivity index (χ1n) is 5.91. The van der Waals surface area contributed by atoms with Crippen LogP contribution in [0.4, 0.5) is 0 Å². The molecule has 10 nitrogen and oxygen atoms in total. The first kappa shape index (κ1) is 18.5. The van der Waals surface area contributed by atoms with Crippen LogP contribution in [0.15, 0.2) is 9.04 Å². The van der Waals surface area contributed by atoms with Crippen LogP contribution in [0.25, 0.3) is 20.9 Å². The standard InChI is InChI=1S/C8H16N6O4S2/c9-11-13-19(15,16)7-5-3-1-2-4-6-8-20(17,18)14-12-10/h1-8H2. The Labute approximate surface area is 117 Å². The van der Waals surface area contributed by atoms with Gasteiger partial charge in [0.25, 0.3) is 0 Å². The molecule has 0 radical (unpaired) electrons. The molecule has 0 aliphatic heterocycles. The van der Waals surface area contributed by atoms with Crippen LogP contribution in [0.5, 0.6) is 0 Å². The zero-order valence-corrected chi connectivity index (χ0v) is 12.4. The van der Waals surface area contributed by atoms with Gasteiger partial charge >= 0.3 is 0 Å². The maximum atomic E-state index is 11.0. The Kier molecular flexibility index (Phi) is 8.73. The van der Waals surface area contributed by atoms with Gasteiger partial charge in [-0.1, -0.05) is 25.7 Å². The minimum absolute atomic E-state index is 0.178. The molecule has 0 amide bonds.